The maximum Gasteiger partial charge on any atom is 0.291 e. The number of aromatic nitrogens is 1. The van der Waals surface area contributed by atoms with E-state index in [-0.39, 0.29) is 5.56 Å². The third-order valence-corrected chi connectivity index (χ3v) is 2.98. The smallest absolute Gasteiger partial charge is 0.291 e. The summed E-state index contributed by atoms with van der Waals surface area (Å²) in [4.78, 5) is 17.3. The Morgan fingerprint density at radius 2 is 2.12 bits per heavy atom. The van der Waals surface area contributed by atoms with Gasteiger partial charge >= 0.3 is 0 Å². The number of hydrogen-bond donors (Lipinski definition) is 0. The van der Waals surface area contributed by atoms with Crippen LogP contribution in [0.3, 0.4) is 0 Å². The molecule has 0 amide bonds. The summed E-state index contributed by atoms with van der Waals surface area (Å²) in [5.41, 5.74) is 0.743. The number of fused-ring (bicyclic) bond motifs is 1. The Morgan fingerprint density at radius 1 is 1.35 bits per heavy atom. The Bertz CT molecular complexity index is 577. The van der Waals surface area contributed by atoms with Gasteiger partial charge in [-0.15, -0.1) is 16.3 Å². The highest BCUT2D eigenvalue weighted by Gasteiger charge is 2.08. The summed E-state index contributed by atoms with van der Waals surface area (Å²) < 4.78 is 1.34. The Morgan fingerprint density at radius 3 is 2.82 bits per heavy atom. The second-order valence-corrected chi connectivity index (χ2v) is 4.18. The van der Waals surface area contributed by atoms with E-state index in [0.717, 1.165) is 23.9 Å². The van der Waals surface area contributed by atoms with Gasteiger partial charge in [0, 0.05) is 5.88 Å². The van der Waals surface area contributed by atoms with Crippen LogP contribution in [0.25, 0.3) is 10.8 Å². The van der Waals surface area contributed by atoms with Gasteiger partial charge in [0.2, 0.25) is 0 Å². The number of alkyl halides is 1. The van der Waals surface area contributed by atoms with E-state index < -0.39 is 0 Å². The summed E-state index contributed by atoms with van der Waals surface area (Å²) >= 11 is 5.68. The fourth-order valence-electron chi connectivity index (χ4n) is 1.92. The predicted molar refractivity (Wildman–Crippen MR) is 69.8 cm³/mol. The molecule has 1 aromatic carbocycles. The molecule has 0 saturated heterocycles. The van der Waals surface area contributed by atoms with Gasteiger partial charge in [0.05, 0.1) is 11.1 Å². The van der Waals surface area contributed by atoms with E-state index >= 15 is 0 Å². The lowest BCUT2D eigenvalue weighted by Crippen LogP contribution is -2.28. The minimum Gasteiger partial charge on any atom is -0.414 e. The number of pyridine rings is 1. The van der Waals surface area contributed by atoms with E-state index in [1.54, 1.807) is 6.07 Å². The van der Waals surface area contributed by atoms with Gasteiger partial charge in [-0.1, -0.05) is 18.2 Å². The predicted octanol–water partition coefficient (Wildman–Crippen LogP) is 2.23. The molecule has 0 fully saturated rings. The standard InChI is InChI=1S/C13H14ClNO2/c1-17-15-11(6-4-8-14)9-10-5-2-3-7-12(10)13(15)16/h2-3,5,7,9H,4,6,8H2,1H3. The number of aryl methyl sites for hydroxylation is 1. The largest absolute Gasteiger partial charge is 0.414 e. The molecule has 17 heavy (non-hydrogen) atoms. The third-order valence-electron chi connectivity index (χ3n) is 2.71. The van der Waals surface area contributed by atoms with Gasteiger partial charge in [-0.05, 0) is 30.4 Å². The van der Waals surface area contributed by atoms with Gasteiger partial charge in [-0.25, -0.2) is 0 Å². The van der Waals surface area contributed by atoms with Crippen molar-refractivity contribution in [1.29, 1.82) is 0 Å². The van der Waals surface area contributed by atoms with Crippen molar-refractivity contribution in [3.05, 3.63) is 46.4 Å². The maximum absolute atomic E-state index is 12.1. The summed E-state index contributed by atoms with van der Waals surface area (Å²) in [5, 5.41) is 1.61. The Kier molecular flexibility index (Phi) is 3.69. The monoisotopic (exact) mass is 251 g/mol. The van der Waals surface area contributed by atoms with Crippen LogP contribution in [0.4, 0.5) is 0 Å². The normalized spacial score (nSPS) is 10.7. The molecule has 2 rings (SSSR count). The summed E-state index contributed by atoms with van der Waals surface area (Å²) in [5.74, 6) is 0.574. The summed E-state index contributed by atoms with van der Waals surface area (Å²) in [6.45, 7) is 0. The van der Waals surface area contributed by atoms with Gasteiger partial charge in [-0.2, -0.15) is 0 Å². The van der Waals surface area contributed by atoms with E-state index in [0.29, 0.717) is 11.3 Å². The Hall–Kier alpha value is -1.48. The first-order chi connectivity index (χ1) is 8.27. The molecule has 0 bridgehead atoms. The average molecular weight is 252 g/mol. The molecule has 2 aromatic rings. The fourth-order valence-corrected chi connectivity index (χ4v) is 2.05. The highest BCUT2D eigenvalue weighted by molar-refractivity contribution is 6.17. The number of halogens is 1. The van der Waals surface area contributed by atoms with Gasteiger partial charge in [0.15, 0.2) is 0 Å². The first-order valence-corrected chi connectivity index (χ1v) is 6.05. The Balaban J connectivity index is 2.62. The minimum atomic E-state index is -0.116. The average Bonchev–Trinajstić information content (AvgIpc) is 2.36. The molecule has 0 saturated carbocycles. The maximum atomic E-state index is 12.1. The SMILES string of the molecule is COn1c(CCCCl)cc2ccccc2c1=O. The number of rotatable bonds is 4. The van der Waals surface area contributed by atoms with E-state index in [1.807, 2.05) is 24.3 Å². The lowest BCUT2D eigenvalue weighted by Gasteiger charge is -2.11. The van der Waals surface area contributed by atoms with Crippen molar-refractivity contribution >= 4 is 22.4 Å². The van der Waals surface area contributed by atoms with Crippen LogP contribution in [0.5, 0.6) is 0 Å². The van der Waals surface area contributed by atoms with E-state index in [9.17, 15) is 4.79 Å². The van der Waals surface area contributed by atoms with Gasteiger partial charge in [-0.3, -0.25) is 4.79 Å². The molecule has 0 aliphatic carbocycles. The topological polar surface area (TPSA) is 31.2 Å². The molecule has 0 aliphatic rings. The molecule has 3 nitrogen and oxygen atoms in total. The first-order valence-electron chi connectivity index (χ1n) is 5.52. The lowest BCUT2D eigenvalue weighted by atomic mass is 10.1. The highest BCUT2D eigenvalue weighted by atomic mass is 35.5. The van der Waals surface area contributed by atoms with Gasteiger partial charge in [0.25, 0.3) is 5.56 Å². The van der Waals surface area contributed by atoms with Crippen LogP contribution in [-0.2, 0) is 6.42 Å². The Labute approximate surface area is 105 Å². The summed E-state index contributed by atoms with van der Waals surface area (Å²) in [7, 11) is 1.50. The lowest BCUT2D eigenvalue weighted by molar-refractivity contribution is 0.150. The second kappa shape index (κ2) is 5.23. The van der Waals surface area contributed by atoms with Crippen LogP contribution < -0.4 is 10.4 Å². The molecule has 0 radical (unpaired) electrons. The third kappa shape index (κ3) is 2.29. The molecule has 0 aliphatic heterocycles. The van der Waals surface area contributed by atoms with Crippen LogP contribution >= 0.6 is 11.6 Å². The van der Waals surface area contributed by atoms with Crippen molar-refractivity contribution < 1.29 is 4.84 Å². The molecule has 90 valence electrons. The zero-order valence-corrected chi connectivity index (χ0v) is 10.4. The van der Waals surface area contributed by atoms with Crippen molar-refractivity contribution in [3.8, 4) is 0 Å². The van der Waals surface area contributed by atoms with Crippen LogP contribution in [0.2, 0.25) is 0 Å². The molecule has 1 heterocycles. The van der Waals surface area contributed by atoms with Crippen LogP contribution in [0, 0.1) is 0 Å². The molecular weight excluding hydrogens is 238 g/mol. The molecule has 0 atom stereocenters. The number of nitrogens with zero attached hydrogens (tertiary/aromatic N) is 1. The zero-order valence-electron chi connectivity index (χ0n) is 9.65. The van der Waals surface area contributed by atoms with Gasteiger partial charge < -0.3 is 4.84 Å². The number of benzene rings is 1. The minimum absolute atomic E-state index is 0.116. The molecule has 0 spiro atoms. The van der Waals surface area contributed by atoms with Crippen LogP contribution in [0.1, 0.15) is 12.1 Å². The molecule has 4 heteroatoms. The molecule has 1 aromatic heterocycles. The summed E-state index contributed by atoms with van der Waals surface area (Å²) in [6.07, 6.45) is 1.56. The van der Waals surface area contributed by atoms with Crippen molar-refractivity contribution in [3.63, 3.8) is 0 Å². The van der Waals surface area contributed by atoms with Crippen LogP contribution in [0.15, 0.2) is 35.1 Å². The zero-order chi connectivity index (χ0) is 12.3. The molecule has 0 N–H and O–H groups in total. The first kappa shape index (κ1) is 12.0. The summed E-state index contributed by atoms with van der Waals surface area (Å²) in [6, 6.07) is 9.48. The van der Waals surface area contributed by atoms with Gasteiger partial charge in [0.1, 0.15) is 7.11 Å². The van der Waals surface area contributed by atoms with Crippen molar-refractivity contribution in [2.75, 3.05) is 13.0 Å². The molecular formula is C13H14ClNO2. The fraction of sp³-hybridized carbons (Fsp3) is 0.308. The highest BCUT2D eigenvalue weighted by Crippen LogP contribution is 2.12. The van der Waals surface area contributed by atoms with E-state index in [2.05, 4.69) is 0 Å². The molecule has 0 unspecified atom stereocenters. The van der Waals surface area contributed by atoms with E-state index in [1.165, 1.54) is 11.8 Å². The van der Waals surface area contributed by atoms with Crippen molar-refractivity contribution in [1.82, 2.24) is 4.73 Å². The quantitative estimate of drug-likeness (QED) is 0.781. The van der Waals surface area contributed by atoms with Crippen molar-refractivity contribution in [2.45, 2.75) is 12.8 Å². The van der Waals surface area contributed by atoms with Crippen molar-refractivity contribution in [2.24, 2.45) is 0 Å². The number of hydrogen-bond acceptors (Lipinski definition) is 2. The second-order valence-electron chi connectivity index (χ2n) is 3.80. The van der Waals surface area contributed by atoms with Crippen LogP contribution in [-0.4, -0.2) is 17.7 Å². The van der Waals surface area contributed by atoms with E-state index in [4.69, 9.17) is 16.4 Å².